The van der Waals surface area contributed by atoms with Crippen LogP contribution in [0.25, 0.3) is 6.08 Å². The van der Waals surface area contributed by atoms with E-state index in [2.05, 4.69) is 4.98 Å². The minimum absolute atomic E-state index is 0.450. The molecular formula is C8H8Cl3NS. The Hall–Kier alpha value is 0.240. The van der Waals surface area contributed by atoms with Crippen LogP contribution in [0.3, 0.4) is 0 Å². The summed E-state index contributed by atoms with van der Waals surface area (Å²) < 4.78 is 0.460. The fraction of sp³-hybridized carbons (Fsp3) is 0.375. The summed E-state index contributed by atoms with van der Waals surface area (Å²) in [6.45, 7) is 2.05. The molecule has 1 heterocycles. The van der Waals surface area contributed by atoms with Crippen molar-refractivity contribution < 1.29 is 0 Å². The first kappa shape index (κ1) is 11.3. The maximum atomic E-state index is 5.83. The van der Waals surface area contributed by atoms with Gasteiger partial charge in [0, 0.05) is 5.88 Å². The molecule has 0 spiro atoms. The van der Waals surface area contributed by atoms with E-state index in [4.69, 9.17) is 34.8 Å². The molecule has 1 aromatic heterocycles. The molecule has 0 aliphatic rings. The van der Waals surface area contributed by atoms with Crippen LogP contribution in [0.4, 0.5) is 0 Å². The highest BCUT2D eigenvalue weighted by molar-refractivity contribution is 7.17. The Morgan fingerprint density at radius 1 is 1.54 bits per heavy atom. The van der Waals surface area contributed by atoms with Crippen LogP contribution in [-0.2, 0) is 0 Å². The number of hydrogen-bond acceptors (Lipinski definition) is 2. The van der Waals surface area contributed by atoms with Gasteiger partial charge < -0.3 is 0 Å². The Labute approximate surface area is 96.3 Å². The van der Waals surface area contributed by atoms with E-state index in [9.17, 15) is 0 Å². The van der Waals surface area contributed by atoms with Gasteiger partial charge in [-0.15, -0.1) is 22.9 Å². The molecule has 1 aromatic rings. The molecule has 0 unspecified atom stereocenters. The van der Waals surface area contributed by atoms with Gasteiger partial charge in [-0.05, 0) is 12.5 Å². The fourth-order valence-corrected chi connectivity index (χ4v) is 2.42. The molecule has 72 valence electrons. The maximum absolute atomic E-state index is 5.83. The van der Waals surface area contributed by atoms with E-state index in [1.807, 2.05) is 13.0 Å². The summed E-state index contributed by atoms with van der Waals surface area (Å²) in [6, 6.07) is 0. The van der Waals surface area contributed by atoms with E-state index < -0.39 is 0 Å². The first-order valence-corrected chi connectivity index (χ1v) is 5.85. The van der Waals surface area contributed by atoms with Crippen LogP contribution in [0.2, 0.25) is 9.62 Å². The average Bonchev–Trinajstić information content (AvgIpc) is 2.41. The Morgan fingerprint density at radius 3 is 2.62 bits per heavy atom. The van der Waals surface area contributed by atoms with Crippen molar-refractivity contribution in [1.29, 1.82) is 0 Å². The quantitative estimate of drug-likeness (QED) is 0.727. The molecule has 0 radical (unpaired) electrons. The fourth-order valence-electron chi connectivity index (χ4n) is 0.797. The minimum Gasteiger partial charge on any atom is -0.212 e. The van der Waals surface area contributed by atoms with Gasteiger partial charge in [0.2, 0.25) is 0 Å². The van der Waals surface area contributed by atoms with E-state index in [-0.39, 0.29) is 0 Å². The molecule has 0 N–H and O–H groups in total. The van der Waals surface area contributed by atoms with Gasteiger partial charge >= 0.3 is 0 Å². The van der Waals surface area contributed by atoms with Crippen LogP contribution in [-0.4, -0.2) is 10.9 Å². The number of alkyl halides is 1. The molecule has 0 aliphatic carbocycles. The van der Waals surface area contributed by atoms with Crippen LogP contribution in [0.1, 0.15) is 18.2 Å². The lowest BCUT2D eigenvalue weighted by Gasteiger charge is -1.96. The second-order valence-corrected chi connectivity index (χ2v) is 4.65. The highest BCUT2D eigenvalue weighted by Gasteiger charge is 2.05. The number of thiazole rings is 1. The standard InChI is InChI=1S/C8H8Cl3NS/c1-2-5(4-9)3-6-7(10)12-8(11)13-6/h3H,2,4H2,1H3/b5-3+. The Balaban J connectivity index is 2.95. The van der Waals surface area contributed by atoms with Crippen molar-refractivity contribution in [2.75, 3.05) is 5.88 Å². The minimum atomic E-state index is 0.450. The van der Waals surface area contributed by atoms with Crippen molar-refractivity contribution in [2.24, 2.45) is 0 Å². The predicted octanol–water partition coefficient (Wildman–Crippen LogP) is 4.48. The highest BCUT2D eigenvalue weighted by Crippen LogP contribution is 2.29. The Bertz CT molecular complexity index is 313. The van der Waals surface area contributed by atoms with E-state index in [0.717, 1.165) is 16.9 Å². The van der Waals surface area contributed by atoms with Gasteiger partial charge in [0.05, 0.1) is 4.88 Å². The van der Waals surface area contributed by atoms with Crippen molar-refractivity contribution in [2.45, 2.75) is 13.3 Å². The number of aromatic nitrogens is 1. The van der Waals surface area contributed by atoms with E-state index in [1.165, 1.54) is 11.3 Å². The molecular weight excluding hydrogens is 249 g/mol. The average molecular weight is 257 g/mol. The molecule has 0 saturated carbocycles. The second kappa shape index (κ2) is 5.20. The van der Waals surface area contributed by atoms with Crippen LogP contribution < -0.4 is 0 Å². The maximum Gasteiger partial charge on any atom is 0.185 e. The summed E-state index contributed by atoms with van der Waals surface area (Å²) in [5.41, 5.74) is 1.13. The zero-order valence-electron chi connectivity index (χ0n) is 6.98. The van der Waals surface area contributed by atoms with Crippen LogP contribution in [0.15, 0.2) is 5.57 Å². The van der Waals surface area contributed by atoms with Crippen LogP contribution in [0.5, 0.6) is 0 Å². The van der Waals surface area contributed by atoms with Crippen molar-refractivity contribution in [3.05, 3.63) is 20.1 Å². The third-order valence-corrected chi connectivity index (χ3v) is 3.39. The molecule has 0 saturated heterocycles. The van der Waals surface area contributed by atoms with Gasteiger partial charge in [0.1, 0.15) is 5.15 Å². The Morgan fingerprint density at radius 2 is 2.23 bits per heavy atom. The largest absolute Gasteiger partial charge is 0.212 e. The first-order chi connectivity index (χ1) is 6.17. The topological polar surface area (TPSA) is 12.9 Å². The summed E-state index contributed by atoms with van der Waals surface area (Å²) in [5.74, 6) is 0.516. The Kier molecular flexibility index (Phi) is 4.53. The number of hydrogen-bond donors (Lipinski definition) is 0. The molecule has 0 bridgehead atoms. The summed E-state index contributed by atoms with van der Waals surface area (Å²) in [7, 11) is 0. The second-order valence-electron chi connectivity index (χ2n) is 2.41. The van der Waals surface area contributed by atoms with Crippen molar-refractivity contribution in [3.63, 3.8) is 0 Å². The van der Waals surface area contributed by atoms with E-state index >= 15 is 0 Å². The molecule has 0 amide bonds. The third kappa shape index (κ3) is 3.13. The zero-order valence-corrected chi connectivity index (χ0v) is 10.1. The molecule has 1 rings (SSSR count). The summed E-state index contributed by atoms with van der Waals surface area (Å²) in [6.07, 6.45) is 2.86. The van der Waals surface area contributed by atoms with Gasteiger partial charge in [-0.1, -0.05) is 35.7 Å². The highest BCUT2D eigenvalue weighted by atomic mass is 35.5. The van der Waals surface area contributed by atoms with Gasteiger partial charge in [-0.3, -0.25) is 0 Å². The predicted molar refractivity (Wildman–Crippen MR) is 61.1 cm³/mol. The van der Waals surface area contributed by atoms with Crippen molar-refractivity contribution >= 4 is 52.2 Å². The summed E-state index contributed by atoms with van der Waals surface area (Å²) in [5, 5.41) is 0.450. The smallest absolute Gasteiger partial charge is 0.185 e. The monoisotopic (exact) mass is 255 g/mol. The van der Waals surface area contributed by atoms with Gasteiger partial charge in [0.15, 0.2) is 4.47 Å². The first-order valence-electron chi connectivity index (χ1n) is 3.74. The lowest BCUT2D eigenvalue weighted by molar-refractivity contribution is 1.12. The lowest BCUT2D eigenvalue weighted by Crippen LogP contribution is -1.80. The SMILES string of the molecule is CC/C(=C\c1sc(Cl)nc1Cl)CCl. The molecule has 1 nitrogen and oxygen atoms in total. The number of rotatable bonds is 3. The molecule has 0 aromatic carbocycles. The molecule has 5 heteroatoms. The van der Waals surface area contributed by atoms with Gasteiger partial charge in [-0.25, -0.2) is 4.98 Å². The van der Waals surface area contributed by atoms with Gasteiger partial charge in [0.25, 0.3) is 0 Å². The lowest BCUT2D eigenvalue weighted by atomic mass is 10.2. The molecule has 0 aliphatic heterocycles. The number of nitrogens with zero attached hydrogens (tertiary/aromatic N) is 1. The van der Waals surface area contributed by atoms with Crippen molar-refractivity contribution in [3.8, 4) is 0 Å². The van der Waals surface area contributed by atoms with E-state index in [1.54, 1.807) is 0 Å². The van der Waals surface area contributed by atoms with Crippen LogP contribution in [0, 0.1) is 0 Å². The third-order valence-electron chi connectivity index (χ3n) is 1.54. The molecule has 13 heavy (non-hydrogen) atoms. The van der Waals surface area contributed by atoms with Crippen molar-refractivity contribution in [1.82, 2.24) is 4.98 Å². The summed E-state index contributed by atoms with van der Waals surface area (Å²) in [4.78, 5) is 4.77. The number of allylic oxidation sites excluding steroid dienone is 1. The molecule has 0 fully saturated rings. The normalized spacial score (nSPS) is 12.2. The van der Waals surface area contributed by atoms with Gasteiger partial charge in [-0.2, -0.15) is 0 Å². The van der Waals surface area contributed by atoms with E-state index in [0.29, 0.717) is 15.5 Å². The zero-order chi connectivity index (χ0) is 9.84. The molecule has 0 atom stereocenters. The number of halogens is 3. The summed E-state index contributed by atoms with van der Waals surface area (Å²) >= 11 is 18.6. The van der Waals surface area contributed by atoms with Crippen LogP contribution >= 0.6 is 46.1 Å².